The van der Waals surface area contributed by atoms with Crippen LogP contribution in [0.2, 0.25) is 0 Å². The second-order valence-corrected chi connectivity index (χ2v) is 6.97. The first-order chi connectivity index (χ1) is 7.59. The van der Waals surface area contributed by atoms with Crippen molar-refractivity contribution in [3.63, 3.8) is 0 Å². The van der Waals surface area contributed by atoms with Crippen LogP contribution in [0.15, 0.2) is 0 Å². The highest BCUT2D eigenvalue weighted by Gasteiger charge is 2.28. The van der Waals surface area contributed by atoms with Gasteiger partial charge in [-0.3, -0.25) is 0 Å². The summed E-state index contributed by atoms with van der Waals surface area (Å²) >= 11 is 0. The Labute approximate surface area is 99.1 Å². The summed E-state index contributed by atoms with van der Waals surface area (Å²) in [4.78, 5) is 2.40. The topological polar surface area (TPSA) is 63.4 Å². The zero-order valence-electron chi connectivity index (χ0n) is 10.2. The van der Waals surface area contributed by atoms with Gasteiger partial charge in [-0.2, -0.15) is 0 Å². The van der Waals surface area contributed by atoms with Gasteiger partial charge >= 0.3 is 0 Å². The minimum Gasteiger partial charge on any atom is -0.330 e. The molecule has 96 valence electrons. The summed E-state index contributed by atoms with van der Waals surface area (Å²) in [6, 6.07) is 0.705. The molecule has 0 bridgehead atoms. The van der Waals surface area contributed by atoms with E-state index in [0.717, 1.165) is 32.5 Å². The normalized spacial score (nSPS) is 16.9. The molecule has 0 aromatic carbocycles. The quantitative estimate of drug-likeness (QED) is 0.650. The summed E-state index contributed by atoms with van der Waals surface area (Å²) in [6.07, 6.45) is 4.31. The smallest absolute Gasteiger partial charge is 0.150 e. The molecule has 0 aromatic rings. The summed E-state index contributed by atoms with van der Waals surface area (Å²) in [7, 11) is -2.79. The lowest BCUT2D eigenvalue weighted by Gasteiger charge is -2.21. The van der Waals surface area contributed by atoms with Crippen molar-refractivity contribution in [3.05, 3.63) is 0 Å². The third kappa shape index (κ3) is 5.27. The van der Waals surface area contributed by atoms with Gasteiger partial charge in [0, 0.05) is 11.8 Å². The molecule has 1 saturated carbocycles. The lowest BCUT2D eigenvalue weighted by molar-refractivity contribution is 0.262. The van der Waals surface area contributed by atoms with E-state index in [-0.39, 0.29) is 5.75 Å². The molecular formula is C11H24N2O2S. The van der Waals surface area contributed by atoms with Crippen molar-refractivity contribution in [3.8, 4) is 0 Å². The van der Waals surface area contributed by atoms with Gasteiger partial charge in [-0.1, -0.05) is 6.92 Å². The van der Waals surface area contributed by atoms with Crippen LogP contribution in [-0.2, 0) is 9.84 Å². The zero-order valence-corrected chi connectivity index (χ0v) is 11.0. The fourth-order valence-electron chi connectivity index (χ4n) is 1.84. The van der Waals surface area contributed by atoms with Gasteiger partial charge in [-0.25, -0.2) is 8.42 Å². The SMILES string of the molecule is CCS(=O)(=O)CCCN(CCCN)C1CC1. The minimum atomic E-state index is -2.79. The largest absolute Gasteiger partial charge is 0.330 e. The third-order valence-electron chi connectivity index (χ3n) is 3.05. The fourth-order valence-corrected chi connectivity index (χ4v) is 2.70. The molecule has 1 aliphatic carbocycles. The van der Waals surface area contributed by atoms with Gasteiger partial charge in [0.2, 0.25) is 0 Å². The van der Waals surface area contributed by atoms with Crippen molar-refractivity contribution in [2.24, 2.45) is 5.73 Å². The highest BCUT2D eigenvalue weighted by molar-refractivity contribution is 7.91. The Morgan fingerprint density at radius 1 is 1.25 bits per heavy atom. The number of nitrogens with zero attached hydrogens (tertiary/aromatic N) is 1. The Morgan fingerprint density at radius 3 is 2.38 bits per heavy atom. The molecule has 0 heterocycles. The molecule has 0 saturated heterocycles. The molecule has 1 fully saturated rings. The third-order valence-corrected chi connectivity index (χ3v) is 4.84. The molecule has 0 aliphatic heterocycles. The van der Waals surface area contributed by atoms with Crippen LogP contribution in [0.5, 0.6) is 0 Å². The van der Waals surface area contributed by atoms with Crippen molar-refractivity contribution in [2.75, 3.05) is 31.1 Å². The first-order valence-electron chi connectivity index (χ1n) is 6.23. The van der Waals surface area contributed by atoms with Crippen molar-refractivity contribution in [1.29, 1.82) is 0 Å². The maximum absolute atomic E-state index is 11.3. The molecule has 0 amide bonds. The van der Waals surface area contributed by atoms with Crippen molar-refractivity contribution < 1.29 is 8.42 Å². The average molecular weight is 248 g/mol. The van der Waals surface area contributed by atoms with Gasteiger partial charge in [0.1, 0.15) is 9.84 Å². The molecule has 0 spiro atoms. The van der Waals surface area contributed by atoms with Crippen molar-refractivity contribution in [2.45, 2.75) is 38.6 Å². The highest BCUT2D eigenvalue weighted by Crippen LogP contribution is 2.26. The van der Waals surface area contributed by atoms with Gasteiger partial charge in [0.25, 0.3) is 0 Å². The molecule has 1 rings (SSSR count). The number of hydrogen-bond acceptors (Lipinski definition) is 4. The highest BCUT2D eigenvalue weighted by atomic mass is 32.2. The van der Waals surface area contributed by atoms with Crippen LogP contribution < -0.4 is 5.73 Å². The van der Waals surface area contributed by atoms with E-state index in [0.29, 0.717) is 11.8 Å². The molecule has 16 heavy (non-hydrogen) atoms. The molecule has 0 aromatic heterocycles. The fraction of sp³-hybridized carbons (Fsp3) is 1.00. The lowest BCUT2D eigenvalue weighted by Crippen LogP contribution is -2.30. The van der Waals surface area contributed by atoms with Gasteiger partial charge in [-0.05, 0) is 45.3 Å². The van der Waals surface area contributed by atoms with E-state index in [2.05, 4.69) is 4.90 Å². The van der Waals surface area contributed by atoms with Crippen LogP contribution >= 0.6 is 0 Å². The van der Waals surface area contributed by atoms with Crippen LogP contribution in [0.4, 0.5) is 0 Å². The van der Waals surface area contributed by atoms with Crippen LogP contribution in [0, 0.1) is 0 Å². The Kier molecular flexibility index (Phi) is 5.72. The van der Waals surface area contributed by atoms with Gasteiger partial charge in [-0.15, -0.1) is 0 Å². The van der Waals surface area contributed by atoms with Crippen LogP contribution in [0.1, 0.15) is 32.6 Å². The minimum absolute atomic E-state index is 0.263. The Hall–Kier alpha value is -0.130. The average Bonchev–Trinajstić information content (AvgIpc) is 3.07. The van der Waals surface area contributed by atoms with Crippen LogP contribution in [0.25, 0.3) is 0 Å². The van der Waals surface area contributed by atoms with Crippen LogP contribution in [0.3, 0.4) is 0 Å². The van der Waals surface area contributed by atoms with E-state index in [1.54, 1.807) is 6.92 Å². The molecule has 0 radical (unpaired) electrons. The summed E-state index contributed by atoms with van der Waals surface area (Å²) in [5.41, 5.74) is 5.49. The Morgan fingerprint density at radius 2 is 1.88 bits per heavy atom. The predicted octanol–water partition coefficient (Wildman–Crippen LogP) is 0.624. The predicted molar refractivity (Wildman–Crippen MR) is 67.2 cm³/mol. The standard InChI is InChI=1S/C11H24N2O2S/c1-2-16(14,15)10-4-9-13(8-3-7-12)11-5-6-11/h11H,2-10,12H2,1H3. The van der Waals surface area contributed by atoms with Crippen molar-refractivity contribution in [1.82, 2.24) is 4.90 Å². The van der Waals surface area contributed by atoms with Crippen LogP contribution in [-0.4, -0.2) is 50.5 Å². The molecule has 0 unspecified atom stereocenters. The Balaban J connectivity index is 2.22. The second-order valence-electron chi connectivity index (χ2n) is 4.50. The number of rotatable bonds is 9. The monoisotopic (exact) mass is 248 g/mol. The zero-order chi connectivity index (χ0) is 12.0. The van der Waals surface area contributed by atoms with E-state index in [1.807, 2.05) is 0 Å². The van der Waals surface area contributed by atoms with Crippen molar-refractivity contribution >= 4 is 9.84 Å². The molecule has 2 N–H and O–H groups in total. The van der Waals surface area contributed by atoms with Gasteiger partial charge in [0.15, 0.2) is 0 Å². The maximum Gasteiger partial charge on any atom is 0.150 e. The van der Waals surface area contributed by atoms with E-state index in [4.69, 9.17) is 5.73 Å². The number of sulfone groups is 1. The first-order valence-corrected chi connectivity index (χ1v) is 8.05. The lowest BCUT2D eigenvalue weighted by atomic mass is 10.3. The maximum atomic E-state index is 11.3. The Bertz CT molecular complexity index is 286. The number of nitrogens with two attached hydrogens (primary N) is 1. The van der Waals surface area contributed by atoms with E-state index < -0.39 is 9.84 Å². The van der Waals surface area contributed by atoms with E-state index in [9.17, 15) is 8.42 Å². The summed E-state index contributed by atoms with van der Waals surface area (Å²) in [5.74, 6) is 0.592. The van der Waals surface area contributed by atoms with Gasteiger partial charge < -0.3 is 10.6 Å². The molecular weight excluding hydrogens is 224 g/mol. The molecule has 0 atom stereocenters. The van der Waals surface area contributed by atoms with E-state index in [1.165, 1.54) is 12.8 Å². The summed E-state index contributed by atoms with van der Waals surface area (Å²) < 4.78 is 22.7. The molecule has 1 aliphatic rings. The van der Waals surface area contributed by atoms with Gasteiger partial charge in [0.05, 0.1) is 5.75 Å². The number of hydrogen-bond donors (Lipinski definition) is 1. The second kappa shape index (κ2) is 6.57. The molecule has 5 heteroatoms. The summed E-state index contributed by atoms with van der Waals surface area (Å²) in [6.45, 7) is 4.36. The first kappa shape index (κ1) is 13.9. The molecule has 4 nitrogen and oxygen atoms in total. The summed E-state index contributed by atoms with van der Waals surface area (Å²) in [5, 5.41) is 0. The van der Waals surface area contributed by atoms with E-state index >= 15 is 0 Å².